The fourth-order valence-corrected chi connectivity index (χ4v) is 5.37. The SMILES string of the molecule is Cc1cc(-c2cc(C(=O)NCCCCN3CCN(C)CC3)c3cnn(C(C)C)c3n2)c(C)s1. The number of pyridine rings is 1. The molecule has 0 unspecified atom stereocenters. The number of nitrogens with zero attached hydrogens (tertiary/aromatic N) is 5. The molecule has 0 bridgehead atoms. The number of aromatic nitrogens is 3. The number of rotatable bonds is 8. The summed E-state index contributed by atoms with van der Waals surface area (Å²) in [4.78, 5) is 25.5. The molecule has 0 radical (unpaired) electrons. The summed E-state index contributed by atoms with van der Waals surface area (Å²) in [6.45, 7) is 14.7. The zero-order chi connectivity index (χ0) is 23.5. The third-order valence-electron chi connectivity index (χ3n) is 6.40. The van der Waals surface area contributed by atoms with E-state index in [1.165, 1.54) is 9.75 Å². The van der Waals surface area contributed by atoms with Crippen LogP contribution in [0.3, 0.4) is 0 Å². The van der Waals surface area contributed by atoms with E-state index in [1.54, 1.807) is 17.5 Å². The largest absolute Gasteiger partial charge is 0.352 e. The molecular weight excluding hydrogens is 432 g/mol. The Bertz CT molecular complexity index is 1110. The van der Waals surface area contributed by atoms with Gasteiger partial charge in [0.2, 0.25) is 0 Å². The van der Waals surface area contributed by atoms with Crippen LogP contribution in [0.2, 0.25) is 0 Å². The van der Waals surface area contributed by atoms with Crippen LogP contribution in [0.4, 0.5) is 0 Å². The summed E-state index contributed by atoms with van der Waals surface area (Å²) in [6, 6.07) is 4.26. The molecule has 0 aliphatic carbocycles. The Labute approximate surface area is 200 Å². The number of hydrogen-bond acceptors (Lipinski definition) is 6. The molecule has 33 heavy (non-hydrogen) atoms. The minimum absolute atomic E-state index is 0.0452. The van der Waals surface area contributed by atoms with E-state index in [9.17, 15) is 4.79 Å². The zero-order valence-electron chi connectivity index (χ0n) is 20.5. The van der Waals surface area contributed by atoms with Gasteiger partial charge in [0, 0.05) is 54.1 Å². The summed E-state index contributed by atoms with van der Waals surface area (Å²) < 4.78 is 1.90. The highest BCUT2D eigenvalue weighted by Gasteiger charge is 2.20. The van der Waals surface area contributed by atoms with E-state index in [-0.39, 0.29) is 11.9 Å². The molecule has 7 nitrogen and oxygen atoms in total. The van der Waals surface area contributed by atoms with Gasteiger partial charge in [-0.25, -0.2) is 9.67 Å². The molecule has 4 rings (SSSR count). The number of unbranched alkanes of at least 4 members (excludes halogenated alkanes) is 1. The highest BCUT2D eigenvalue weighted by atomic mass is 32.1. The van der Waals surface area contributed by atoms with Crippen LogP contribution in [0.25, 0.3) is 22.3 Å². The smallest absolute Gasteiger partial charge is 0.252 e. The zero-order valence-corrected chi connectivity index (χ0v) is 21.3. The minimum Gasteiger partial charge on any atom is -0.352 e. The highest BCUT2D eigenvalue weighted by Crippen LogP contribution is 2.32. The average molecular weight is 469 g/mol. The van der Waals surface area contributed by atoms with Crippen LogP contribution in [0.5, 0.6) is 0 Å². The summed E-state index contributed by atoms with van der Waals surface area (Å²) in [7, 11) is 2.18. The molecule has 1 aliphatic rings. The van der Waals surface area contributed by atoms with Crippen molar-refractivity contribution in [2.75, 3.05) is 46.3 Å². The molecule has 0 saturated carbocycles. The van der Waals surface area contributed by atoms with Crippen molar-refractivity contribution in [3.05, 3.63) is 33.6 Å². The number of piperazine rings is 1. The van der Waals surface area contributed by atoms with E-state index in [0.29, 0.717) is 12.1 Å². The van der Waals surface area contributed by atoms with E-state index >= 15 is 0 Å². The minimum atomic E-state index is -0.0452. The van der Waals surface area contributed by atoms with Crippen molar-refractivity contribution in [2.45, 2.75) is 46.6 Å². The summed E-state index contributed by atoms with van der Waals surface area (Å²) in [5.74, 6) is -0.0452. The molecule has 1 saturated heterocycles. The molecule has 1 N–H and O–H groups in total. The maximum atomic E-state index is 13.2. The Hall–Kier alpha value is -2.29. The fourth-order valence-electron chi connectivity index (χ4n) is 4.44. The van der Waals surface area contributed by atoms with Crippen LogP contribution in [-0.2, 0) is 0 Å². The van der Waals surface area contributed by atoms with Crippen molar-refractivity contribution < 1.29 is 4.79 Å². The standard InChI is InChI=1S/C25H36N6OS/c1-17(2)31-24-22(16-27-31)21(15-23(28-24)20-14-18(3)33-19(20)4)25(32)26-8-6-7-9-30-12-10-29(5)11-13-30/h14-17H,6-13H2,1-5H3,(H,26,32). The lowest BCUT2D eigenvalue weighted by molar-refractivity contribution is 0.0953. The normalized spacial score (nSPS) is 15.6. The summed E-state index contributed by atoms with van der Waals surface area (Å²) in [5.41, 5.74) is 3.36. The van der Waals surface area contributed by atoms with E-state index in [4.69, 9.17) is 4.98 Å². The Balaban J connectivity index is 1.47. The molecule has 3 aromatic rings. The molecule has 1 amide bonds. The predicted molar refractivity (Wildman–Crippen MR) is 136 cm³/mol. The van der Waals surface area contributed by atoms with E-state index < -0.39 is 0 Å². The topological polar surface area (TPSA) is 66.3 Å². The van der Waals surface area contributed by atoms with Gasteiger partial charge in [0.05, 0.1) is 22.8 Å². The second-order valence-electron chi connectivity index (χ2n) is 9.41. The third-order valence-corrected chi connectivity index (χ3v) is 7.37. The van der Waals surface area contributed by atoms with Gasteiger partial charge < -0.3 is 15.1 Å². The Kier molecular flexibility index (Phi) is 7.46. The van der Waals surface area contributed by atoms with E-state index in [2.05, 4.69) is 61.0 Å². The van der Waals surface area contributed by atoms with Gasteiger partial charge in [0.15, 0.2) is 5.65 Å². The van der Waals surface area contributed by atoms with E-state index in [0.717, 1.165) is 67.9 Å². The van der Waals surface area contributed by atoms with E-state index in [1.807, 2.05) is 10.7 Å². The summed E-state index contributed by atoms with van der Waals surface area (Å²) in [6.07, 6.45) is 3.85. The van der Waals surface area contributed by atoms with Gasteiger partial charge in [-0.3, -0.25) is 4.79 Å². The van der Waals surface area contributed by atoms with Gasteiger partial charge in [0.1, 0.15) is 0 Å². The molecule has 178 valence electrons. The van der Waals surface area contributed by atoms with Crippen molar-refractivity contribution in [3.63, 3.8) is 0 Å². The maximum absolute atomic E-state index is 13.2. The van der Waals surface area contributed by atoms with Crippen LogP contribution >= 0.6 is 11.3 Å². The first kappa shape index (κ1) is 23.9. The van der Waals surface area contributed by atoms with Crippen LogP contribution in [0.1, 0.15) is 52.8 Å². The van der Waals surface area contributed by atoms with Crippen molar-refractivity contribution in [3.8, 4) is 11.3 Å². The monoisotopic (exact) mass is 468 g/mol. The predicted octanol–water partition coefficient (Wildman–Crippen LogP) is 4.11. The average Bonchev–Trinajstić information content (AvgIpc) is 3.36. The van der Waals surface area contributed by atoms with Crippen LogP contribution in [-0.4, -0.2) is 76.8 Å². The summed E-state index contributed by atoms with van der Waals surface area (Å²) >= 11 is 1.76. The molecule has 8 heteroatoms. The van der Waals surface area contributed by atoms with Crippen LogP contribution < -0.4 is 5.32 Å². The number of aryl methyl sites for hydroxylation is 2. The fraction of sp³-hybridized carbons (Fsp3) is 0.560. The lowest BCUT2D eigenvalue weighted by Crippen LogP contribution is -2.44. The molecule has 0 aromatic carbocycles. The molecular formula is C25H36N6OS. The van der Waals surface area contributed by atoms with Crippen LogP contribution in [0, 0.1) is 13.8 Å². The van der Waals surface area contributed by atoms with Gasteiger partial charge in [0.25, 0.3) is 5.91 Å². The maximum Gasteiger partial charge on any atom is 0.252 e. The highest BCUT2D eigenvalue weighted by molar-refractivity contribution is 7.12. The second-order valence-corrected chi connectivity index (χ2v) is 10.9. The molecule has 0 atom stereocenters. The van der Waals surface area contributed by atoms with Crippen molar-refractivity contribution >= 4 is 28.3 Å². The Morgan fingerprint density at radius 2 is 1.91 bits per heavy atom. The quantitative estimate of drug-likeness (QED) is 0.504. The van der Waals surface area contributed by atoms with Gasteiger partial charge in [-0.1, -0.05) is 0 Å². The first-order valence-corrected chi connectivity index (χ1v) is 12.8. The van der Waals surface area contributed by atoms with Gasteiger partial charge in [-0.05, 0) is 66.3 Å². The third kappa shape index (κ3) is 5.45. The van der Waals surface area contributed by atoms with Gasteiger partial charge in [-0.2, -0.15) is 5.10 Å². The number of carbonyl (C=O) groups is 1. The summed E-state index contributed by atoms with van der Waals surface area (Å²) in [5, 5.41) is 8.49. The lowest BCUT2D eigenvalue weighted by atomic mass is 10.1. The first-order valence-electron chi connectivity index (χ1n) is 12.0. The number of nitrogens with one attached hydrogen (secondary N) is 1. The second kappa shape index (κ2) is 10.3. The molecule has 1 aliphatic heterocycles. The van der Waals surface area contributed by atoms with Crippen molar-refractivity contribution in [1.82, 2.24) is 29.9 Å². The number of likely N-dealkylation sites (N-methyl/N-ethyl adjacent to an activating group) is 1. The molecule has 3 aromatic heterocycles. The Morgan fingerprint density at radius 3 is 2.58 bits per heavy atom. The number of amides is 1. The first-order chi connectivity index (χ1) is 15.8. The van der Waals surface area contributed by atoms with Crippen molar-refractivity contribution in [1.29, 1.82) is 0 Å². The number of hydrogen-bond donors (Lipinski definition) is 1. The number of carbonyl (C=O) groups excluding carboxylic acids is 1. The van der Waals surface area contributed by atoms with Gasteiger partial charge >= 0.3 is 0 Å². The molecule has 1 fully saturated rings. The number of thiophene rings is 1. The lowest BCUT2D eigenvalue weighted by Gasteiger charge is -2.32. The molecule has 4 heterocycles. The molecule has 0 spiro atoms. The van der Waals surface area contributed by atoms with Crippen molar-refractivity contribution in [2.24, 2.45) is 0 Å². The van der Waals surface area contributed by atoms with Gasteiger partial charge in [-0.15, -0.1) is 11.3 Å². The Morgan fingerprint density at radius 1 is 1.15 bits per heavy atom. The van der Waals surface area contributed by atoms with Crippen LogP contribution in [0.15, 0.2) is 18.3 Å². The number of fused-ring (bicyclic) bond motifs is 1.